The number of aromatic nitrogens is 6. The van der Waals surface area contributed by atoms with E-state index in [2.05, 4.69) is 68.4 Å². The number of aliphatic hydroxyl groups excluding tert-OH is 1. The summed E-state index contributed by atoms with van der Waals surface area (Å²) in [5, 5.41) is 31.9. The zero-order valence-corrected chi connectivity index (χ0v) is 20.6. The summed E-state index contributed by atoms with van der Waals surface area (Å²) in [4.78, 5) is 24.2. The Morgan fingerprint density at radius 3 is 1.74 bits per heavy atom. The molecule has 0 saturated carbocycles. The first kappa shape index (κ1) is 29.8. The standard InChI is InChI=1S/C12H8N2.C8H4N5.CH4O.2CHO.Re/c1-3-9-5-6-10-4-2-8-14-12(10)11(9)13-7-1;9-5-6-1-3-7(4-2-6)8-10-12-13-11-8;3*1-2;/h1-8H;1-4H;2H,1H3;2*1H;/q;-1;;2*-1;. The van der Waals surface area contributed by atoms with Crippen LogP contribution in [0.15, 0.2) is 73.1 Å². The van der Waals surface area contributed by atoms with Gasteiger partial charge in [-0.15, -0.1) is 0 Å². The zero-order valence-electron chi connectivity index (χ0n) is 17.9. The summed E-state index contributed by atoms with van der Waals surface area (Å²) in [5.74, 6) is 0.476. The van der Waals surface area contributed by atoms with Crippen molar-refractivity contribution in [3.8, 4) is 17.5 Å². The minimum atomic E-state index is 0. The zero-order chi connectivity index (χ0) is 24.5. The summed E-state index contributed by atoms with van der Waals surface area (Å²) in [6, 6.07) is 21.1. The summed E-state index contributed by atoms with van der Waals surface area (Å²) >= 11 is 0. The summed E-state index contributed by atoms with van der Waals surface area (Å²) in [7, 11) is 1.00. The van der Waals surface area contributed by atoms with E-state index in [0.29, 0.717) is 11.4 Å². The van der Waals surface area contributed by atoms with E-state index in [1.165, 1.54) is 0 Å². The molecule has 3 heterocycles. The van der Waals surface area contributed by atoms with Crippen LogP contribution in [0.4, 0.5) is 0 Å². The number of hydrogen-bond donors (Lipinski definition) is 1. The van der Waals surface area contributed by atoms with Crippen molar-refractivity contribution in [1.29, 1.82) is 5.26 Å². The van der Waals surface area contributed by atoms with Gasteiger partial charge in [0, 0.05) is 50.7 Å². The fourth-order valence-corrected chi connectivity index (χ4v) is 2.63. The molecule has 0 aliphatic heterocycles. The molecule has 3 aromatic heterocycles. The van der Waals surface area contributed by atoms with Crippen LogP contribution in [0, 0.1) is 11.3 Å². The van der Waals surface area contributed by atoms with Gasteiger partial charge in [0.05, 0.1) is 28.5 Å². The van der Waals surface area contributed by atoms with Crippen molar-refractivity contribution in [3.05, 3.63) is 78.6 Å². The third kappa shape index (κ3) is 8.04. The number of pyridine rings is 2. The molecule has 0 fully saturated rings. The number of tetrazole rings is 1. The summed E-state index contributed by atoms with van der Waals surface area (Å²) < 4.78 is 0. The largest absolute Gasteiger partial charge is 0.545 e. The van der Waals surface area contributed by atoms with Crippen LogP contribution in [-0.4, -0.2) is 51.2 Å². The van der Waals surface area contributed by atoms with E-state index in [9.17, 15) is 0 Å². The molecule has 11 heteroatoms. The van der Waals surface area contributed by atoms with Gasteiger partial charge in [-0.25, -0.2) is 5.10 Å². The van der Waals surface area contributed by atoms with Crippen LogP contribution in [0.1, 0.15) is 5.56 Å². The smallest absolute Gasteiger partial charge is 0.0991 e. The first-order valence-electron chi connectivity index (χ1n) is 9.05. The fourth-order valence-electron chi connectivity index (χ4n) is 2.63. The number of aliphatic hydroxyl groups is 1. The first-order chi connectivity index (χ1) is 16.3. The molecule has 2 aromatic carbocycles. The summed E-state index contributed by atoms with van der Waals surface area (Å²) in [6.45, 7) is 6.50. The molecule has 0 unspecified atom stereocenters. The van der Waals surface area contributed by atoms with Crippen LogP contribution in [0.2, 0.25) is 0 Å². The van der Waals surface area contributed by atoms with Gasteiger partial charge >= 0.3 is 0 Å². The minimum Gasteiger partial charge on any atom is -0.545 e. The molecule has 5 rings (SSSR count). The van der Waals surface area contributed by atoms with Crippen molar-refractivity contribution in [1.82, 2.24) is 30.6 Å². The molecule has 10 nitrogen and oxygen atoms in total. The molecule has 1 radical (unpaired) electrons. The third-order valence-electron chi connectivity index (χ3n) is 3.94. The van der Waals surface area contributed by atoms with E-state index in [1.54, 1.807) is 36.7 Å². The topological polar surface area (TPSA) is 157 Å². The Morgan fingerprint density at radius 2 is 1.32 bits per heavy atom. The van der Waals surface area contributed by atoms with Gasteiger partial charge in [-0.2, -0.15) is 5.26 Å². The van der Waals surface area contributed by atoms with Gasteiger partial charge in [0.1, 0.15) is 0 Å². The molecule has 0 spiro atoms. The van der Waals surface area contributed by atoms with Crippen LogP contribution >= 0.6 is 0 Å². The molecule has 173 valence electrons. The summed E-state index contributed by atoms with van der Waals surface area (Å²) in [6.07, 6.45) is 3.60. The van der Waals surface area contributed by atoms with Crippen molar-refractivity contribution in [2.75, 3.05) is 7.11 Å². The Balaban J connectivity index is 0.000000515. The molecule has 0 bridgehead atoms. The number of carbonyl (C=O) groups excluding carboxylic acids is 2. The predicted molar refractivity (Wildman–Crippen MR) is 122 cm³/mol. The van der Waals surface area contributed by atoms with Crippen LogP contribution in [0.3, 0.4) is 0 Å². The number of hydrogen-bond acceptors (Lipinski definition) is 9. The van der Waals surface area contributed by atoms with Crippen LogP contribution in [-0.2, 0) is 30.0 Å². The van der Waals surface area contributed by atoms with Gasteiger partial charge in [0.25, 0.3) is 0 Å². The second-order valence-corrected chi connectivity index (χ2v) is 5.61. The van der Waals surface area contributed by atoms with Crippen molar-refractivity contribution >= 4 is 35.4 Å². The van der Waals surface area contributed by atoms with Crippen LogP contribution < -0.4 is 5.21 Å². The Bertz CT molecular complexity index is 1220. The van der Waals surface area contributed by atoms with E-state index < -0.39 is 0 Å². The molecule has 0 aliphatic carbocycles. The van der Waals surface area contributed by atoms with E-state index in [-0.39, 0.29) is 20.4 Å². The number of nitrogens with zero attached hydrogens (tertiary/aromatic N) is 7. The van der Waals surface area contributed by atoms with Gasteiger partial charge in [-0.1, -0.05) is 36.4 Å². The molecule has 0 saturated heterocycles. The van der Waals surface area contributed by atoms with E-state index >= 15 is 0 Å². The second kappa shape index (κ2) is 17.4. The SMILES string of the molecule is CO.N#Cc1ccc(-c2nn[n-]n2)cc1.[CH-]=O.[CH-]=O.[Re].c1cnc2c(c1)ccc1cccnc12. The molecular weight excluding hydrogens is 609 g/mol. The van der Waals surface area contributed by atoms with Gasteiger partial charge in [0.15, 0.2) is 0 Å². The molecule has 5 aromatic rings. The van der Waals surface area contributed by atoms with Gasteiger partial charge in [0.2, 0.25) is 0 Å². The number of fused-ring (bicyclic) bond motifs is 3. The minimum absolute atomic E-state index is 0. The number of rotatable bonds is 1. The van der Waals surface area contributed by atoms with Crippen molar-refractivity contribution in [3.63, 3.8) is 0 Å². The van der Waals surface area contributed by atoms with Gasteiger partial charge in [-0.05, 0) is 29.8 Å². The Morgan fingerprint density at radius 1 is 0.824 bits per heavy atom. The Kier molecular flexibility index (Phi) is 15.2. The van der Waals surface area contributed by atoms with Crippen molar-refractivity contribution in [2.24, 2.45) is 0 Å². The molecule has 0 aliphatic rings. The van der Waals surface area contributed by atoms with Crippen molar-refractivity contribution < 1.29 is 35.1 Å². The van der Waals surface area contributed by atoms with E-state index in [1.807, 2.05) is 18.2 Å². The maximum atomic E-state index is 8.55. The van der Waals surface area contributed by atoms with Gasteiger partial charge in [-0.3, -0.25) is 34.0 Å². The van der Waals surface area contributed by atoms with Crippen LogP contribution in [0.5, 0.6) is 0 Å². The first-order valence-corrected chi connectivity index (χ1v) is 9.05. The normalized spacial score (nSPS) is 8.50. The molecular formula is C23H18N7O3Re-3. The van der Waals surface area contributed by atoms with Crippen LogP contribution in [0.25, 0.3) is 33.2 Å². The second-order valence-electron chi connectivity index (χ2n) is 5.61. The van der Waals surface area contributed by atoms with Gasteiger partial charge < -0.3 is 19.8 Å². The molecule has 34 heavy (non-hydrogen) atoms. The van der Waals surface area contributed by atoms with E-state index in [4.69, 9.17) is 20.0 Å². The van der Waals surface area contributed by atoms with Crippen molar-refractivity contribution in [2.45, 2.75) is 0 Å². The Labute approximate surface area is 209 Å². The molecule has 0 amide bonds. The average molecular weight is 627 g/mol. The third-order valence-corrected chi connectivity index (χ3v) is 3.94. The maximum absolute atomic E-state index is 8.55. The predicted octanol–water partition coefficient (Wildman–Crippen LogP) is 2.21. The molecule has 1 N–H and O–H groups in total. The number of benzene rings is 2. The van der Waals surface area contributed by atoms with E-state index in [0.717, 1.165) is 34.5 Å². The fraction of sp³-hybridized carbons (Fsp3) is 0.0435. The maximum Gasteiger partial charge on any atom is 0.0991 e. The quantitative estimate of drug-likeness (QED) is 0.166. The summed E-state index contributed by atoms with van der Waals surface area (Å²) in [5.41, 5.74) is 3.37. The molecule has 0 atom stereocenters. The Hall–Kier alpha value is -4.22. The average Bonchev–Trinajstić information content (AvgIpc) is 3.48. The number of nitriles is 1. The monoisotopic (exact) mass is 627 g/mol.